The molecule has 0 aliphatic carbocycles. The Labute approximate surface area is 117 Å². The van der Waals surface area contributed by atoms with Gasteiger partial charge < -0.3 is 5.32 Å². The molecule has 2 aromatic rings. The summed E-state index contributed by atoms with van der Waals surface area (Å²) in [5.74, 6) is 0. The van der Waals surface area contributed by atoms with E-state index in [0.29, 0.717) is 12.1 Å². The fraction of sp³-hybridized carbons (Fsp3) is 0.125. The molecule has 4 nitrogen and oxygen atoms in total. The van der Waals surface area contributed by atoms with E-state index < -0.39 is 0 Å². The first-order chi connectivity index (χ1) is 9.77. The van der Waals surface area contributed by atoms with Gasteiger partial charge in [0.05, 0.1) is 10.5 Å². The van der Waals surface area contributed by atoms with Gasteiger partial charge in [0.15, 0.2) is 0 Å². The average Bonchev–Trinajstić information content (AvgIpc) is 2.48. The van der Waals surface area contributed by atoms with Gasteiger partial charge in [-0.3, -0.25) is 10.1 Å². The van der Waals surface area contributed by atoms with E-state index in [1.54, 1.807) is 24.3 Å². The van der Waals surface area contributed by atoms with E-state index in [-0.39, 0.29) is 10.6 Å². The van der Waals surface area contributed by atoms with Crippen molar-refractivity contribution in [1.82, 2.24) is 5.32 Å². The van der Waals surface area contributed by atoms with Gasteiger partial charge in [-0.1, -0.05) is 54.6 Å². The summed E-state index contributed by atoms with van der Waals surface area (Å²) in [5.41, 5.74) is 1.97. The first kappa shape index (κ1) is 14.0. The zero-order valence-electron chi connectivity index (χ0n) is 11.0. The van der Waals surface area contributed by atoms with Gasteiger partial charge in [0, 0.05) is 19.2 Å². The van der Waals surface area contributed by atoms with Crippen molar-refractivity contribution in [1.29, 1.82) is 0 Å². The number of nitro groups is 1. The second-order valence-corrected chi connectivity index (χ2v) is 4.33. The highest BCUT2D eigenvalue weighted by molar-refractivity contribution is 5.60. The highest BCUT2D eigenvalue weighted by atomic mass is 16.6. The molecule has 0 aliphatic heterocycles. The Bertz CT molecular complexity index is 594. The second-order valence-electron chi connectivity index (χ2n) is 4.33. The zero-order valence-corrected chi connectivity index (χ0v) is 11.0. The van der Waals surface area contributed by atoms with Crippen LogP contribution in [0.2, 0.25) is 0 Å². The molecule has 0 heterocycles. The van der Waals surface area contributed by atoms with Crippen molar-refractivity contribution in [2.24, 2.45) is 0 Å². The number of nitrogens with zero attached hydrogens (tertiary/aromatic N) is 1. The lowest BCUT2D eigenvalue weighted by molar-refractivity contribution is -0.385. The van der Waals surface area contributed by atoms with Crippen LogP contribution < -0.4 is 5.32 Å². The van der Waals surface area contributed by atoms with Crippen LogP contribution in [0.25, 0.3) is 6.08 Å². The SMILES string of the molecule is O=[N+]([O-])c1ccccc1/C=C/CNCc1ccccc1. The van der Waals surface area contributed by atoms with Crippen LogP contribution in [0.3, 0.4) is 0 Å². The van der Waals surface area contributed by atoms with Crippen molar-refractivity contribution >= 4 is 11.8 Å². The van der Waals surface area contributed by atoms with Crippen LogP contribution in [0, 0.1) is 10.1 Å². The Kier molecular flexibility index (Phi) is 5.03. The molecule has 4 heteroatoms. The highest BCUT2D eigenvalue weighted by Gasteiger charge is 2.08. The molecule has 0 fully saturated rings. The van der Waals surface area contributed by atoms with Crippen molar-refractivity contribution < 1.29 is 4.92 Å². The number of hydrogen-bond donors (Lipinski definition) is 1. The third kappa shape index (κ3) is 4.03. The predicted molar refractivity (Wildman–Crippen MR) is 80.3 cm³/mol. The van der Waals surface area contributed by atoms with Crippen LogP contribution in [0.4, 0.5) is 5.69 Å². The molecule has 0 radical (unpaired) electrons. The molecule has 0 bridgehead atoms. The molecule has 1 N–H and O–H groups in total. The van der Waals surface area contributed by atoms with Crippen LogP contribution in [0.1, 0.15) is 11.1 Å². The van der Waals surface area contributed by atoms with E-state index in [4.69, 9.17) is 0 Å². The summed E-state index contributed by atoms with van der Waals surface area (Å²) in [6.07, 6.45) is 3.67. The molecule has 102 valence electrons. The summed E-state index contributed by atoms with van der Waals surface area (Å²) in [7, 11) is 0. The van der Waals surface area contributed by atoms with Crippen molar-refractivity contribution in [3.8, 4) is 0 Å². The van der Waals surface area contributed by atoms with Gasteiger partial charge in [0.2, 0.25) is 0 Å². The zero-order chi connectivity index (χ0) is 14.2. The standard InChI is InChI=1S/C16H16N2O2/c19-18(20)16-11-5-4-9-15(16)10-6-12-17-13-14-7-2-1-3-8-14/h1-11,17H,12-13H2/b10-6+. The largest absolute Gasteiger partial charge is 0.309 e. The fourth-order valence-electron chi connectivity index (χ4n) is 1.88. The minimum atomic E-state index is -0.364. The number of rotatable bonds is 6. The molecule has 0 aromatic heterocycles. The Morgan fingerprint density at radius 1 is 1.05 bits per heavy atom. The Morgan fingerprint density at radius 3 is 2.50 bits per heavy atom. The third-order valence-corrected chi connectivity index (χ3v) is 2.86. The fourth-order valence-corrected chi connectivity index (χ4v) is 1.88. The Morgan fingerprint density at radius 2 is 1.75 bits per heavy atom. The molecule has 0 amide bonds. The van der Waals surface area contributed by atoms with Gasteiger partial charge >= 0.3 is 0 Å². The van der Waals surface area contributed by atoms with Crippen molar-refractivity contribution in [2.75, 3.05) is 6.54 Å². The smallest absolute Gasteiger partial charge is 0.276 e. The Hall–Kier alpha value is -2.46. The molecule has 2 rings (SSSR count). The van der Waals surface area contributed by atoms with E-state index in [9.17, 15) is 10.1 Å². The summed E-state index contributed by atoms with van der Waals surface area (Å²) >= 11 is 0. The molecular formula is C16H16N2O2. The number of para-hydroxylation sites is 1. The number of hydrogen-bond acceptors (Lipinski definition) is 3. The summed E-state index contributed by atoms with van der Waals surface area (Å²) in [4.78, 5) is 10.5. The van der Waals surface area contributed by atoms with Crippen LogP contribution >= 0.6 is 0 Å². The van der Waals surface area contributed by atoms with Crippen LogP contribution in [0.15, 0.2) is 60.7 Å². The first-order valence-corrected chi connectivity index (χ1v) is 6.42. The van der Waals surface area contributed by atoms with Crippen molar-refractivity contribution in [3.05, 3.63) is 81.9 Å². The normalized spacial score (nSPS) is 10.8. The molecule has 0 aliphatic rings. The van der Waals surface area contributed by atoms with Gasteiger partial charge in [0.25, 0.3) is 5.69 Å². The topological polar surface area (TPSA) is 55.2 Å². The molecule has 0 saturated heterocycles. The molecule has 0 atom stereocenters. The minimum absolute atomic E-state index is 0.131. The maximum absolute atomic E-state index is 10.9. The maximum atomic E-state index is 10.9. The molecule has 20 heavy (non-hydrogen) atoms. The highest BCUT2D eigenvalue weighted by Crippen LogP contribution is 2.18. The Balaban J connectivity index is 1.86. The minimum Gasteiger partial charge on any atom is -0.309 e. The predicted octanol–water partition coefficient (Wildman–Crippen LogP) is 3.40. The lowest BCUT2D eigenvalue weighted by Gasteiger charge is -2.01. The monoisotopic (exact) mass is 268 g/mol. The summed E-state index contributed by atoms with van der Waals surface area (Å²) in [5, 5.41) is 14.1. The van der Waals surface area contributed by atoms with Gasteiger partial charge in [-0.2, -0.15) is 0 Å². The van der Waals surface area contributed by atoms with Crippen LogP contribution in [0.5, 0.6) is 0 Å². The molecule has 2 aromatic carbocycles. The maximum Gasteiger partial charge on any atom is 0.276 e. The average molecular weight is 268 g/mol. The number of nitrogens with one attached hydrogen (secondary N) is 1. The van der Waals surface area contributed by atoms with Gasteiger partial charge in [-0.05, 0) is 11.6 Å². The quantitative estimate of drug-likeness (QED) is 0.496. The van der Waals surface area contributed by atoms with Crippen molar-refractivity contribution in [3.63, 3.8) is 0 Å². The van der Waals surface area contributed by atoms with E-state index in [1.807, 2.05) is 24.3 Å². The molecule has 0 spiro atoms. The van der Waals surface area contributed by atoms with Crippen LogP contribution in [-0.4, -0.2) is 11.5 Å². The first-order valence-electron chi connectivity index (χ1n) is 6.42. The summed E-state index contributed by atoms with van der Waals surface area (Å²) < 4.78 is 0. The van der Waals surface area contributed by atoms with Crippen molar-refractivity contribution in [2.45, 2.75) is 6.54 Å². The second kappa shape index (κ2) is 7.21. The van der Waals surface area contributed by atoms with E-state index in [0.717, 1.165) is 6.54 Å². The lowest BCUT2D eigenvalue weighted by Crippen LogP contribution is -2.12. The summed E-state index contributed by atoms with van der Waals surface area (Å²) in [6.45, 7) is 1.45. The van der Waals surface area contributed by atoms with Gasteiger partial charge in [-0.15, -0.1) is 0 Å². The molecular weight excluding hydrogens is 252 g/mol. The number of nitro benzene ring substituents is 1. The molecule has 0 unspecified atom stereocenters. The van der Waals surface area contributed by atoms with Crippen LogP contribution in [-0.2, 0) is 6.54 Å². The number of benzene rings is 2. The third-order valence-electron chi connectivity index (χ3n) is 2.86. The van der Waals surface area contributed by atoms with E-state index in [2.05, 4.69) is 17.4 Å². The van der Waals surface area contributed by atoms with Gasteiger partial charge in [0.1, 0.15) is 0 Å². The van der Waals surface area contributed by atoms with Gasteiger partial charge in [-0.25, -0.2) is 0 Å². The summed E-state index contributed by atoms with van der Waals surface area (Å²) in [6, 6.07) is 16.8. The van der Waals surface area contributed by atoms with E-state index >= 15 is 0 Å². The van der Waals surface area contributed by atoms with E-state index in [1.165, 1.54) is 11.6 Å². The lowest BCUT2D eigenvalue weighted by atomic mass is 10.1. The molecule has 0 saturated carbocycles.